The van der Waals surface area contributed by atoms with Crippen LogP contribution in [-0.4, -0.2) is 5.78 Å². The predicted molar refractivity (Wildman–Crippen MR) is 75.3 cm³/mol. The highest BCUT2D eigenvalue weighted by atomic mass is 19.1. The lowest BCUT2D eigenvalue weighted by Gasteiger charge is -2.02. The number of allylic oxidation sites excluding steroid dienone is 1. The molecule has 0 saturated heterocycles. The summed E-state index contributed by atoms with van der Waals surface area (Å²) < 4.78 is 18.5. The minimum Gasteiger partial charge on any atom is -0.452 e. The zero-order valence-corrected chi connectivity index (χ0v) is 11.2. The smallest absolute Gasteiger partial charge is 0.231 e. The molecule has 2 aromatic rings. The molecule has 0 aromatic heterocycles. The molecule has 100 valence electrons. The van der Waals surface area contributed by atoms with Gasteiger partial charge in [-0.3, -0.25) is 4.79 Å². The summed E-state index contributed by atoms with van der Waals surface area (Å²) in [5, 5.41) is 0. The van der Waals surface area contributed by atoms with Crippen LogP contribution >= 0.6 is 0 Å². The number of halogens is 1. The van der Waals surface area contributed by atoms with E-state index < -0.39 is 0 Å². The van der Waals surface area contributed by atoms with E-state index >= 15 is 0 Å². The Morgan fingerprint density at radius 1 is 1.05 bits per heavy atom. The zero-order chi connectivity index (χ0) is 14.3. The molecule has 3 heteroatoms. The van der Waals surface area contributed by atoms with E-state index in [4.69, 9.17) is 4.74 Å². The van der Waals surface area contributed by atoms with Crippen molar-refractivity contribution in [2.75, 3.05) is 0 Å². The van der Waals surface area contributed by atoms with Gasteiger partial charge >= 0.3 is 0 Å². The molecule has 1 aliphatic heterocycles. The Hall–Kier alpha value is -2.42. The molecule has 0 spiro atoms. The molecule has 0 atom stereocenters. The first-order valence-electron chi connectivity index (χ1n) is 6.35. The number of benzene rings is 2. The van der Waals surface area contributed by atoms with Crippen LogP contribution in [0.25, 0.3) is 6.08 Å². The van der Waals surface area contributed by atoms with Gasteiger partial charge in [0.15, 0.2) is 5.76 Å². The second kappa shape index (κ2) is 4.60. The molecule has 20 heavy (non-hydrogen) atoms. The van der Waals surface area contributed by atoms with E-state index in [1.165, 1.54) is 12.1 Å². The maximum Gasteiger partial charge on any atom is 0.231 e. The van der Waals surface area contributed by atoms with E-state index in [9.17, 15) is 9.18 Å². The van der Waals surface area contributed by atoms with Crippen LogP contribution in [0, 0.1) is 19.7 Å². The largest absolute Gasteiger partial charge is 0.452 e. The maximum absolute atomic E-state index is 12.9. The van der Waals surface area contributed by atoms with Gasteiger partial charge in [-0.2, -0.15) is 0 Å². The third-order valence-electron chi connectivity index (χ3n) is 3.45. The molecule has 2 nitrogen and oxygen atoms in total. The van der Waals surface area contributed by atoms with E-state index in [0.717, 1.165) is 16.7 Å². The minimum absolute atomic E-state index is 0.132. The average Bonchev–Trinajstić information content (AvgIpc) is 2.70. The SMILES string of the molecule is Cc1cc2c(cc1C)C(=O)/C(=C/c1ccc(F)cc1)O2. The first-order chi connectivity index (χ1) is 9.54. The topological polar surface area (TPSA) is 26.3 Å². The number of aryl methyl sites for hydroxylation is 2. The highest BCUT2D eigenvalue weighted by Gasteiger charge is 2.27. The van der Waals surface area contributed by atoms with Gasteiger partial charge in [-0.15, -0.1) is 0 Å². The summed E-state index contributed by atoms with van der Waals surface area (Å²) in [6, 6.07) is 9.64. The number of fused-ring (bicyclic) bond motifs is 1. The van der Waals surface area contributed by atoms with E-state index in [1.807, 2.05) is 26.0 Å². The first kappa shape index (κ1) is 12.6. The molecule has 0 unspecified atom stereocenters. The number of hydrogen-bond donors (Lipinski definition) is 0. The van der Waals surface area contributed by atoms with Gasteiger partial charge in [0.05, 0.1) is 5.56 Å². The van der Waals surface area contributed by atoms with Gasteiger partial charge in [-0.1, -0.05) is 12.1 Å². The quantitative estimate of drug-likeness (QED) is 0.729. The van der Waals surface area contributed by atoms with Crippen molar-refractivity contribution < 1.29 is 13.9 Å². The van der Waals surface area contributed by atoms with Crippen LogP contribution in [-0.2, 0) is 0 Å². The lowest BCUT2D eigenvalue weighted by atomic mass is 10.0. The molecular weight excluding hydrogens is 255 g/mol. The van der Waals surface area contributed by atoms with E-state index in [1.54, 1.807) is 18.2 Å². The molecule has 3 rings (SSSR count). The van der Waals surface area contributed by atoms with Crippen molar-refractivity contribution in [2.45, 2.75) is 13.8 Å². The van der Waals surface area contributed by atoms with E-state index in [-0.39, 0.29) is 17.4 Å². The van der Waals surface area contributed by atoms with Crippen LogP contribution in [0.4, 0.5) is 4.39 Å². The Bertz CT molecular complexity index is 727. The van der Waals surface area contributed by atoms with Gasteiger partial charge in [0, 0.05) is 0 Å². The highest BCUT2D eigenvalue weighted by molar-refractivity contribution is 6.14. The summed E-state index contributed by atoms with van der Waals surface area (Å²) in [5.41, 5.74) is 3.46. The van der Waals surface area contributed by atoms with Gasteiger partial charge in [-0.25, -0.2) is 4.39 Å². The second-order valence-electron chi connectivity index (χ2n) is 4.92. The van der Waals surface area contributed by atoms with Crippen LogP contribution in [0.5, 0.6) is 5.75 Å². The number of hydrogen-bond acceptors (Lipinski definition) is 2. The number of carbonyl (C=O) groups is 1. The molecule has 0 aliphatic carbocycles. The molecule has 1 aliphatic rings. The van der Waals surface area contributed by atoms with E-state index in [0.29, 0.717) is 11.3 Å². The average molecular weight is 268 g/mol. The summed E-state index contributed by atoms with van der Waals surface area (Å²) in [4.78, 5) is 12.3. The summed E-state index contributed by atoms with van der Waals surface area (Å²) in [6.45, 7) is 3.94. The van der Waals surface area contributed by atoms with Crippen molar-refractivity contribution in [3.05, 3.63) is 70.2 Å². The van der Waals surface area contributed by atoms with Crippen LogP contribution < -0.4 is 4.74 Å². The Balaban J connectivity index is 1.99. The lowest BCUT2D eigenvalue weighted by molar-refractivity contribution is 0.101. The summed E-state index contributed by atoms with van der Waals surface area (Å²) in [5.74, 6) is 0.427. The number of Topliss-reactive ketones (excluding diaryl/α,β-unsaturated/α-hetero) is 1. The van der Waals surface area contributed by atoms with Gasteiger partial charge in [-0.05, 0) is 60.9 Å². The molecule has 0 saturated carbocycles. The van der Waals surface area contributed by atoms with Crippen LogP contribution in [0.1, 0.15) is 27.0 Å². The Kier molecular flexibility index (Phi) is 2.90. The lowest BCUT2D eigenvalue weighted by Crippen LogP contribution is -1.98. The minimum atomic E-state index is -0.305. The number of ketones is 1. The summed E-state index contributed by atoms with van der Waals surface area (Å²) in [6.07, 6.45) is 1.63. The molecule has 0 N–H and O–H groups in total. The monoisotopic (exact) mass is 268 g/mol. The maximum atomic E-state index is 12.9. The van der Waals surface area contributed by atoms with Gasteiger partial charge in [0.1, 0.15) is 11.6 Å². The number of rotatable bonds is 1. The van der Waals surface area contributed by atoms with Crippen molar-refractivity contribution in [1.82, 2.24) is 0 Å². The van der Waals surface area contributed by atoms with Gasteiger partial charge in [0.2, 0.25) is 5.78 Å². The fourth-order valence-corrected chi connectivity index (χ4v) is 2.15. The van der Waals surface area contributed by atoms with Crippen LogP contribution in [0.2, 0.25) is 0 Å². The van der Waals surface area contributed by atoms with Crippen molar-refractivity contribution in [3.8, 4) is 5.75 Å². The Labute approximate surface area is 116 Å². The zero-order valence-electron chi connectivity index (χ0n) is 11.2. The van der Waals surface area contributed by atoms with Crippen LogP contribution in [0.3, 0.4) is 0 Å². The molecule has 2 aromatic carbocycles. The van der Waals surface area contributed by atoms with E-state index in [2.05, 4.69) is 0 Å². The summed E-state index contributed by atoms with van der Waals surface area (Å²) >= 11 is 0. The Morgan fingerprint density at radius 2 is 1.70 bits per heavy atom. The number of ether oxygens (including phenoxy) is 1. The molecule has 0 radical (unpaired) electrons. The Morgan fingerprint density at radius 3 is 2.40 bits per heavy atom. The fourth-order valence-electron chi connectivity index (χ4n) is 2.15. The van der Waals surface area contributed by atoms with Crippen molar-refractivity contribution in [2.24, 2.45) is 0 Å². The van der Waals surface area contributed by atoms with Gasteiger partial charge < -0.3 is 4.74 Å². The van der Waals surface area contributed by atoms with Crippen LogP contribution in [0.15, 0.2) is 42.2 Å². The van der Waals surface area contributed by atoms with Crippen molar-refractivity contribution in [1.29, 1.82) is 0 Å². The molecule has 0 fully saturated rings. The normalized spacial score (nSPS) is 15.3. The molecular formula is C17H13FO2. The molecule has 0 amide bonds. The standard InChI is InChI=1S/C17H13FO2/c1-10-7-14-15(8-11(10)2)20-16(17(14)19)9-12-3-5-13(18)6-4-12/h3-9H,1-2H3/b16-9-. The fraction of sp³-hybridized carbons (Fsp3) is 0.118. The second-order valence-corrected chi connectivity index (χ2v) is 4.92. The number of carbonyl (C=O) groups excluding carboxylic acids is 1. The third-order valence-corrected chi connectivity index (χ3v) is 3.45. The molecule has 0 bridgehead atoms. The summed E-state index contributed by atoms with van der Waals surface area (Å²) in [7, 11) is 0. The first-order valence-corrected chi connectivity index (χ1v) is 6.35. The molecule has 1 heterocycles. The highest BCUT2D eigenvalue weighted by Crippen LogP contribution is 2.33. The van der Waals surface area contributed by atoms with Crippen molar-refractivity contribution >= 4 is 11.9 Å². The third kappa shape index (κ3) is 2.11. The van der Waals surface area contributed by atoms with Gasteiger partial charge in [0.25, 0.3) is 0 Å². The predicted octanol–water partition coefficient (Wildman–Crippen LogP) is 4.06. The van der Waals surface area contributed by atoms with Crippen molar-refractivity contribution in [3.63, 3.8) is 0 Å².